The molecule has 9 heavy (non-hydrogen) atoms. The van der Waals surface area contributed by atoms with Crippen molar-refractivity contribution in [3.63, 3.8) is 0 Å². The number of hydrogen-bond donors (Lipinski definition) is 1. The van der Waals surface area contributed by atoms with E-state index in [-0.39, 0.29) is 5.24 Å². The summed E-state index contributed by atoms with van der Waals surface area (Å²) in [7, 11) is 0. The van der Waals surface area contributed by atoms with Crippen LogP contribution in [0.4, 0.5) is 4.79 Å². The van der Waals surface area contributed by atoms with Crippen molar-refractivity contribution in [2.75, 3.05) is 12.3 Å². The number of carbonyl (C=O) groups excluding carboxylic acids is 1. The number of carbonyl (C=O) groups is 1. The van der Waals surface area contributed by atoms with Gasteiger partial charge >= 0.3 is 5.24 Å². The van der Waals surface area contributed by atoms with E-state index in [0.717, 1.165) is 17.9 Å². The third-order valence-electron chi connectivity index (χ3n) is 1.04. The van der Waals surface area contributed by atoms with Crippen LogP contribution in [0.3, 0.4) is 0 Å². The summed E-state index contributed by atoms with van der Waals surface area (Å²) in [6.07, 6.45) is 0.763. The van der Waals surface area contributed by atoms with Crippen molar-refractivity contribution in [1.29, 1.82) is 0 Å². The molecule has 2 N–H and O–H groups in total. The number of thioether (sulfide) groups is 1. The standard InChI is InChI=1S/C5H8N2OS/c6-2-1-4-3-9-5(8)7-4/h1-3,6H2. The molecule has 1 amide bonds. The molecule has 0 aromatic heterocycles. The first-order valence-electron chi connectivity index (χ1n) is 2.76. The van der Waals surface area contributed by atoms with Crippen LogP contribution in [0.2, 0.25) is 0 Å². The molecule has 4 heteroatoms. The van der Waals surface area contributed by atoms with Gasteiger partial charge in [-0.25, -0.2) is 4.99 Å². The molecule has 1 aliphatic rings. The van der Waals surface area contributed by atoms with E-state index in [2.05, 4.69) is 4.99 Å². The largest absolute Gasteiger partial charge is 0.330 e. The fourth-order valence-corrected chi connectivity index (χ4v) is 1.33. The highest BCUT2D eigenvalue weighted by Gasteiger charge is 2.12. The first-order valence-corrected chi connectivity index (χ1v) is 3.75. The summed E-state index contributed by atoms with van der Waals surface area (Å²) in [5.74, 6) is 0.746. The lowest BCUT2D eigenvalue weighted by Gasteiger charge is -1.89. The van der Waals surface area contributed by atoms with Crippen molar-refractivity contribution in [3.05, 3.63) is 0 Å². The van der Waals surface area contributed by atoms with Crippen molar-refractivity contribution < 1.29 is 4.79 Å². The molecule has 0 atom stereocenters. The molecule has 0 radical (unpaired) electrons. The van der Waals surface area contributed by atoms with Gasteiger partial charge in [0, 0.05) is 11.5 Å². The number of rotatable bonds is 2. The maximum atomic E-state index is 10.5. The quantitative estimate of drug-likeness (QED) is 0.618. The van der Waals surface area contributed by atoms with Gasteiger partial charge in [0.05, 0.1) is 0 Å². The van der Waals surface area contributed by atoms with E-state index in [4.69, 9.17) is 5.73 Å². The summed E-state index contributed by atoms with van der Waals surface area (Å²) >= 11 is 1.25. The van der Waals surface area contributed by atoms with E-state index in [1.807, 2.05) is 0 Å². The lowest BCUT2D eigenvalue weighted by molar-refractivity contribution is 0.268. The molecular formula is C5H8N2OS. The Bertz CT molecular complexity index is 155. The summed E-state index contributed by atoms with van der Waals surface area (Å²) in [5, 5.41) is -0.0709. The SMILES string of the molecule is NCCC1=NC(=O)SC1. The van der Waals surface area contributed by atoms with Gasteiger partial charge in [-0.3, -0.25) is 4.79 Å². The Hall–Kier alpha value is -0.350. The van der Waals surface area contributed by atoms with Crippen molar-refractivity contribution in [2.45, 2.75) is 6.42 Å². The summed E-state index contributed by atoms with van der Waals surface area (Å²) in [5.41, 5.74) is 6.19. The number of hydrogen-bond acceptors (Lipinski definition) is 3. The van der Waals surface area contributed by atoms with Gasteiger partial charge in [0.2, 0.25) is 0 Å². The molecule has 1 aliphatic heterocycles. The molecule has 50 valence electrons. The number of nitrogens with two attached hydrogens (primary N) is 1. The minimum atomic E-state index is -0.0709. The topological polar surface area (TPSA) is 55.4 Å². The average molecular weight is 144 g/mol. The summed E-state index contributed by atoms with van der Waals surface area (Å²) < 4.78 is 0. The van der Waals surface area contributed by atoms with Crippen LogP contribution in [0.5, 0.6) is 0 Å². The molecular weight excluding hydrogens is 136 g/mol. The van der Waals surface area contributed by atoms with Gasteiger partial charge in [0.1, 0.15) is 0 Å². The van der Waals surface area contributed by atoms with Gasteiger partial charge < -0.3 is 5.73 Å². The van der Waals surface area contributed by atoms with Crippen LogP contribution >= 0.6 is 11.8 Å². The van der Waals surface area contributed by atoms with Gasteiger partial charge in [0.15, 0.2) is 0 Å². The molecule has 0 unspecified atom stereocenters. The highest BCUT2D eigenvalue weighted by atomic mass is 32.2. The second-order valence-corrected chi connectivity index (χ2v) is 2.70. The molecule has 0 aliphatic carbocycles. The van der Waals surface area contributed by atoms with E-state index in [0.29, 0.717) is 6.54 Å². The molecule has 0 fully saturated rings. The molecule has 0 saturated heterocycles. The zero-order valence-corrected chi connectivity index (χ0v) is 5.78. The molecule has 0 bridgehead atoms. The van der Waals surface area contributed by atoms with E-state index >= 15 is 0 Å². The van der Waals surface area contributed by atoms with Crippen LogP contribution in [0, 0.1) is 0 Å². The van der Waals surface area contributed by atoms with Gasteiger partial charge in [-0.1, -0.05) is 11.8 Å². The van der Waals surface area contributed by atoms with Crippen LogP contribution in [-0.2, 0) is 0 Å². The van der Waals surface area contributed by atoms with E-state index in [9.17, 15) is 4.79 Å². The third kappa shape index (κ3) is 1.80. The fourth-order valence-electron chi connectivity index (χ4n) is 0.633. The van der Waals surface area contributed by atoms with E-state index in [1.165, 1.54) is 11.8 Å². The van der Waals surface area contributed by atoms with Crippen molar-refractivity contribution in [2.24, 2.45) is 10.7 Å². The number of aliphatic imine (C=N–C) groups is 1. The van der Waals surface area contributed by atoms with Crippen LogP contribution in [0.15, 0.2) is 4.99 Å². The minimum Gasteiger partial charge on any atom is -0.330 e. The van der Waals surface area contributed by atoms with Crippen molar-refractivity contribution >= 4 is 22.7 Å². The Morgan fingerprint density at radius 1 is 1.78 bits per heavy atom. The highest BCUT2D eigenvalue weighted by molar-refractivity contribution is 8.14. The van der Waals surface area contributed by atoms with Crippen molar-refractivity contribution in [3.8, 4) is 0 Å². The van der Waals surface area contributed by atoms with Crippen molar-refractivity contribution in [1.82, 2.24) is 0 Å². The maximum absolute atomic E-state index is 10.5. The number of amides is 1. The first kappa shape index (κ1) is 6.77. The lowest BCUT2D eigenvalue weighted by Crippen LogP contribution is -2.07. The average Bonchev–Trinajstić information content (AvgIpc) is 2.17. The predicted octanol–water partition coefficient (Wildman–Crippen LogP) is 0.643. The van der Waals surface area contributed by atoms with Crippen LogP contribution in [0.25, 0.3) is 0 Å². The fraction of sp³-hybridized carbons (Fsp3) is 0.600. The molecule has 0 aromatic rings. The Labute approximate surface area is 57.7 Å². The Morgan fingerprint density at radius 2 is 2.56 bits per heavy atom. The molecule has 3 nitrogen and oxygen atoms in total. The summed E-state index contributed by atoms with van der Waals surface area (Å²) in [6.45, 7) is 0.590. The predicted molar refractivity (Wildman–Crippen MR) is 39.0 cm³/mol. The second kappa shape index (κ2) is 2.98. The zero-order chi connectivity index (χ0) is 6.69. The molecule has 0 spiro atoms. The normalized spacial score (nSPS) is 18.3. The Balaban J connectivity index is 2.42. The van der Waals surface area contributed by atoms with Gasteiger partial charge in [0.25, 0.3) is 0 Å². The smallest absolute Gasteiger partial charge is 0.305 e. The Morgan fingerprint density at radius 3 is 3.00 bits per heavy atom. The maximum Gasteiger partial charge on any atom is 0.305 e. The van der Waals surface area contributed by atoms with E-state index in [1.54, 1.807) is 0 Å². The third-order valence-corrected chi connectivity index (χ3v) is 1.86. The summed E-state index contributed by atoms with van der Waals surface area (Å²) in [4.78, 5) is 14.2. The highest BCUT2D eigenvalue weighted by Crippen LogP contribution is 2.14. The molecule has 1 heterocycles. The van der Waals surface area contributed by atoms with Gasteiger partial charge in [-0.15, -0.1) is 0 Å². The number of nitrogens with zero attached hydrogens (tertiary/aromatic N) is 1. The summed E-state index contributed by atoms with van der Waals surface area (Å²) in [6, 6.07) is 0. The first-order chi connectivity index (χ1) is 4.33. The molecule has 0 aromatic carbocycles. The zero-order valence-electron chi connectivity index (χ0n) is 4.96. The van der Waals surface area contributed by atoms with Crippen LogP contribution < -0.4 is 5.73 Å². The van der Waals surface area contributed by atoms with Crippen LogP contribution in [0.1, 0.15) is 6.42 Å². The Kier molecular flexibility index (Phi) is 2.24. The van der Waals surface area contributed by atoms with Gasteiger partial charge in [-0.2, -0.15) is 0 Å². The lowest BCUT2D eigenvalue weighted by atomic mass is 10.3. The van der Waals surface area contributed by atoms with Crippen LogP contribution in [-0.4, -0.2) is 23.2 Å². The monoisotopic (exact) mass is 144 g/mol. The van der Waals surface area contributed by atoms with Gasteiger partial charge in [-0.05, 0) is 13.0 Å². The molecule has 0 saturated carbocycles. The van der Waals surface area contributed by atoms with E-state index < -0.39 is 0 Å². The molecule has 1 rings (SSSR count). The minimum absolute atomic E-state index is 0.0709. The second-order valence-electron chi connectivity index (χ2n) is 1.77.